The zero-order chi connectivity index (χ0) is 13.2. The van der Waals surface area contributed by atoms with Crippen molar-refractivity contribution in [2.45, 2.75) is 31.8 Å². The highest BCUT2D eigenvalue weighted by Gasteiger charge is 2.47. The normalized spacial score (nSPS) is 31.8. The first-order valence-corrected chi connectivity index (χ1v) is 6.78. The number of hydrogen-bond donors (Lipinski definition) is 2. The number of nitrogens with zero attached hydrogens (tertiary/aromatic N) is 2. The summed E-state index contributed by atoms with van der Waals surface area (Å²) >= 11 is 0. The fraction of sp³-hybridized carbons (Fsp3) is 0.923. The van der Waals surface area contributed by atoms with Crippen molar-refractivity contribution in [3.63, 3.8) is 0 Å². The van der Waals surface area contributed by atoms with Crippen LogP contribution in [-0.2, 0) is 4.74 Å². The van der Waals surface area contributed by atoms with E-state index in [2.05, 4.69) is 4.99 Å². The third-order valence-electron chi connectivity index (χ3n) is 4.52. The molecule has 2 unspecified atom stereocenters. The highest BCUT2D eigenvalue weighted by molar-refractivity contribution is 5.77. The van der Waals surface area contributed by atoms with Gasteiger partial charge >= 0.3 is 0 Å². The maximum Gasteiger partial charge on any atom is 0.190 e. The monoisotopic (exact) mass is 255 g/mol. The molecule has 0 aromatic rings. The van der Waals surface area contributed by atoms with E-state index in [-0.39, 0.29) is 17.4 Å². The molecule has 2 atom stereocenters. The number of guanidine groups is 1. The van der Waals surface area contributed by atoms with Crippen LogP contribution in [0, 0.1) is 11.3 Å². The molecule has 0 aromatic carbocycles. The van der Waals surface area contributed by atoms with Crippen molar-refractivity contribution in [1.82, 2.24) is 4.90 Å². The van der Waals surface area contributed by atoms with Crippen molar-refractivity contribution in [2.75, 3.05) is 33.9 Å². The van der Waals surface area contributed by atoms with Gasteiger partial charge in [0.1, 0.15) is 0 Å². The van der Waals surface area contributed by atoms with Crippen LogP contribution in [0.2, 0.25) is 0 Å². The molecule has 18 heavy (non-hydrogen) atoms. The summed E-state index contributed by atoms with van der Waals surface area (Å²) in [5.74, 6) is 0.789. The third kappa shape index (κ3) is 2.62. The second-order valence-corrected chi connectivity index (χ2v) is 5.81. The van der Waals surface area contributed by atoms with Gasteiger partial charge in [-0.25, -0.2) is 0 Å². The van der Waals surface area contributed by atoms with Crippen molar-refractivity contribution in [2.24, 2.45) is 22.1 Å². The van der Waals surface area contributed by atoms with Crippen LogP contribution in [-0.4, -0.2) is 55.9 Å². The van der Waals surface area contributed by atoms with Gasteiger partial charge in [-0.3, -0.25) is 4.99 Å². The molecule has 3 N–H and O–H groups in total. The lowest BCUT2D eigenvalue weighted by atomic mass is 9.76. The molecule has 5 nitrogen and oxygen atoms in total. The minimum atomic E-state index is -0.250. The number of rotatable bonds is 2. The molecule has 2 fully saturated rings. The summed E-state index contributed by atoms with van der Waals surface area (Å²) in [6, 6.07) is 0. The highest BCUT2D eigenvalue weighted by atomic mass is 16.5. The molecule has 0 bridgehead atoms. The van der Waals surface area contributed by atoms with E-state index in [0.29, 0.717) is 12.5 Å². The summed E-state index contributed by atoms with van der Waals surface area (Å²) in [5.41, 5.74) is 5.87. The van der Waals surface area contributed by atoms with Gasteiger partial charge in [0.15, 0.2) is 5.96 Å². The number of aliphatic hydroxyl groups excluding tert-OH is 1. The van der Waals surface area contributed by atoms with E-state index in [1.165, 1.54) is 0 Å². The Labute approximate surface area is 109 Å². The summed E-state index contributed by atoms with van der Waals surface area (Å²) in [6.45, 7) is 2.20. The van der Waals surface area contributed by atoms with Gasteiger partial charge in [-0.2, -0.15) is 0 Å². The van der Waals surface area contributed by atoms with Gasteiger partial charge in [0.25, 0.3) is 0 Å². The van der Waals surface area contributed by atoms with Crippen LogP contribution in [0.15, 0.2) is 4.99 Å². The lowest BCUT2D eigenvalue weighted by Crippen LogP contribution is -2.39. The van der Waals surface area contributed by atoms with Crippen LogP contribution in [0.1, 0.15) is 25.7 Å². The second kappa shape index (κ2) is 5.45. The summed E-state index contributed by atoms with van der Waals surface area (Å²) in [5, 5.41) is 10.5. The molecular formula is C13H25N3O2. The van der Waals surface area contributed by atoms with Crippen molar-refractivity contribution in [3.05, 3.63) is 0 Å². The topological polar surface area (TPSA) is 71.1 Å². The molecule has 1 saturated carbocycles. The Morgan fingerprint density at radius 2 is 2.06 bits per heavy atom. The average molecular weight is 255 g/mol. The molecule has 2 aliphatic rings. The molecule has 1 heterocycles. The Hall–Kier alpha value is -0.810. The SMILES string of the molecule is CN(C)C(N)=NCC1CCC2(CCOCC2)C1O. The Morgan fingerprint density at radius 1 is 1.39 bits per heavy atom. The van der Waals surface area contributed by atoms with Crippen LogP contribution < -0.4 is 5.73 Å². The van der Waals surface area contributed by atoms with Crippen LogP contribution in [0.4, 0.5) is 0 Å². The predicted octanol–water partition coefficient (Wildman–Crippen LogP) is 0.430. The van der Waals surface area contributed by atoms with E-state index in [4.69, 9.17) is 10.5 Å². The van der Waals surface area contributed by atoms with Gasteiger partial charge < -0.3 is 20.5 Å². The maximum atomic E-state index is 10.5. The predicted molar refractivity (Wildman–Crippen MR) is 71.4 cm³/mol. The number of hydrogen-bond acceptors (Lipinski definition) is 3. The Morgan fingerprint density at radius 3 is 2.67 bits per heavy atom. The van der Waals surface area contributed by atoms with Gasteiger partial charge in [0.05, 0.1) is 6.10 Å². The smallest absolute Gasteiger partial charge is 0.190 e. The fourth-order valence-electron chi connectivity index (χ4n) is 3.15. The standard InChI is InChI=1S/C13H25N3O2/c1-16(2)12(14)15-9-10-3-4-13(11(10)17)5-7-18-8-6-13/h10-11,17H,3-9H2,1-2H3,(H2,14,15). The molecular weight excluding hydrogens is 230 g/mol. The van der Waals surface area contributed by atoms with Gasteiger partial charge in [-0.05, 0) is 25.7 Å². The Bertz CT molecular complexity index is 311. The first-order valence-electron chi connectivity index (χ1n) is 6.78. The molecule has 0 radical (unpaired) electrons. The molecule has 2 rings (SSSR count). The van der Waals surface area contributed by atoms with Crippen molar-refractivity contribution < 1.29 is 9.84 Å². The zero-order valence-electron chi connectivity index (χ0n) is 11.4. The van der Waals surface area contributed by atoms with E-state index < -0.39 is 0 Å². The number of nitrogens with two attached hydrogens (primary N) is 1. The summed E-state index contributed by atoms with van der Waals surface area (Å²) in [4.78, 5) is 6.16. The van der Waals surface area contributed by atoms with Crippen LogP contribution in [0.5, 0.6) is 0 Å². The minimum Gasteiger partial charge on any atom is -0.392 e. The minimum absolute atomic E-state index is 0.0886. The maximum absolute atomic E-state index is 10.5. The molecule has 1 aliphatic heterocycles. The summed E-state index contributed by atoms with van der Waals surface area (Å²) < 4.78 is 5.40. The summed E-state index contributed by atoms with van der Waals surface area (Å²) in [6.07, 6.45) is 3.86. The van der Waals surface area contributed by atoms with Crippen LogP contribution in [0.3, 0.4) is 0 Å². The lowest BCUT2D eigenvalue weighted by Gasteiger charge is -2.37. The number of aliphatic hydroxyl groups is 1. The van der Waals surface area contributed by atoms with Crippen LogP contribution >= 0.6 is 0 Å². The fourth-order valence-corrected chi connectivity index (χ4v) is 3.15. The van der Waals surface area contributed by atoms with Crippen molar-refractivity contribution in [1.29, 1.82) is 0 Å². The number of ether oxygens (including phenoxy) is 1. The molecule has 1 spiro atoms. The first-order chi connectivity index (χ1) is 8.55. The van der Waals surface area contributed by atoms with Gasteiger partial charge in [-0.15, -0.1) is 0 Å². The third-order valence-corrected chi connectivity index (χ3v) is 4.52. The molecule has 5 heteroatoms. The lowest BCUT2D eigenvalue weighted by molar-refractivity contribution is -0.0549. The van der Waals surface area contributed by atoms with Crippen LogP contribution in [0.25, 0.3) is 0 Å². The van der Waals surface area contributed by atoms with E-state index in [9.17, 15) is 5.11 Å². The van der Waals surface area contributed by atoms with Crippen molar-refractivity contribution >= 4 is 5.96 Å². The Kier molecular flexibility index (Phi) is 4.12. The van der Waals surface area contributed by atoms with Crippen molar-refractivity contribution in [3.8, 4) is 0 Å². The molecule has 1 aliphatic carbocycles. The quantitative estimate of drug-likeness (QED) is 0.554. The largest absolute Gasteiger partial charge is 0.392 e. The van der Waals surface area contributed by atoms with Gasteiger partial charge in [0.2, 0.25) is 0 Å². The molecule has 0 aromatic heterocycles. The van der Waals surface area contributed by atoms with Gasteiger partial charge in [0, 0.05) is 45.2 Å². The van der Waals surface area contributed by atoms with E-state index in [0.717, 1.165) is 38.9 Å². The summed E-state index contributed by atoms with van der Waals surface area (Å²) in [7, 11) is 3.76. The second-order valence-electron chi connectivity index (χ2n) is 5.81. The van der Waals surface area contributed by atoms with E-state index in [1.54, 1.807) is 4.90 Å². The molecule has 0 amide bonds. The molecule has 1 saturated heterocycles. The average Bonchev–Trinajstić information content (AvgIpc) is 2.65. The highest BCUT2D eigenvalue weighted by Crippen LogP contribution is 2.48. The number of aliphatic imine (C=N–C) groups is 1. The zero-order valence-corrected chi connectivity index (χ0v) is 11.4. The first kappa shape index (κ1) is 13.6. The van der Waals surface area contributed by atoms with Gasteiger partial charge in [-0.1, -0.05) is 0 Å². The molecule has 104 valence electrons. The Balaban J connectivity index is 1.94. The van der Waals surface area contributed by atoms with E-state index >= 15 is 0 Å². The van der Waals surface area contributed by atoms with E-state index in [1.807, 2.05) is 14.1 Å².